The van der Waals surface area contributed by atoms with E-state index in [0.717, 1.165) is 4.80 Å². The lowest BCUT2D eigenvalue weighted by Gasteiger charge is -2.17. The summed E-state index contributed by atoms with van der Waals surface area (Å²) in [6.07, 6.45) is -1.91. The Morgan fingerprint density at radius 3 is 2.47 bits per heavy atom. The number of rotatable bonds is 2. The lowest BCUT2D eigenvalue weighted by Crippen LogP contribution is -2.37. The molecule has 0 bridgehead atoms. The van der Waals surface area contributed by atoms with Crippen molar-refractivity contribution in [1.82, 2.24) is 15.0 Å². The van der Waals surface area contributed by atoms with Crippen LogP contribution in [0.25, 0.3) is 0 Å². The summed E-state index contributed by atoms with van der Waals surface area (Å²) in [6.45, 7) is 2.74. The summed E-state index contributed by atoms with van der Waals surface area (Å²) in [5, 5.41) is 9.34. The Hall–Kier alpha value is -1.58. The number of aromatic nitrogens is 3. The van der Waals surface area contributed by atoms with E-state index in [-0.39, 0.29) is 5.69 Å². The van der Waals surface area contributed by atoms with Crippen molar-refractivity contribution in [3.8, 4) is 0 Å². The van der Waals surface area contributed by atoms with Gasteiger partial charge >= 0.3 is 0 Å². The van der Waals surface area contributed by atoms with E-state index < -0.39 is 38.4 Å². The molecule has 1 unspecified atom stereocenters. The Balaban J connectivity index is 2.28. The molecule has 0 saturated heterocycles. The highest BCUT2D eigenvalue weighted by molar-refractivity contribution is 8.05. The van der Waals surface area contributed by atoms with Gasteiger partial charge in [-0.25, -0.2) is 12.8 Å². The first-order valence-corrected chi connectivity index (χ1v) is 6.97. The molecule has 0 amide bonds. The maximum absolute atomic E-state index is 13.9. The van der Waals surface area contributed by atoms with Crippen LogP contribution in [0.3, 0.4) is 0 Å². The molecule has 0 fully saturated rings. The second-order valence-corrected chi connectivity index (χ2v) is 6.61. The number of nitrogens with zero attached hydrogens (tertiary/aromatic N) is 4. The zero-order valence-electron chi connectivity index (χ0n) is 10.5. The van der Waals surface area contributed by atoms with Crippen molar-refractivity contribution >= 4 is 14.9 Å². The van der Waals surface area contributed by atoms with E-state index in [2.05, 4.69) is 15.4 Å². The van der Waals surface area contributed by atoms with Crippen molar-refractivity contribution in [3.05, 3.63) is 11.6 Å². The third-order valence-corrected chi connectivity index (χ3v) is 4.15. The van der Waals surface area contributed by atoms with Crippen LogP contribution in [0, 0.1) is 5.95 Å². The molecule has 0 aliphatic carbocycles. The third kappa shape index (κ3) is 2.44. The molecule has 2 rings (SSSR count). The first-order chi connectivity index (χ1) is 8.63. The van der Waals surface area contributed by atoms with Crippen LogP contribution in [-0.2, 0) is 27.5 Å². The van der Waals surface area contributed by atoms with Gasteiger partial charge in [-0.05, 0) is 13.8 Å². The highest BCUT2D eigenvalue weighted by Crippen LogP contribution is 2.29. The Kier molecular flexibility index (Phi) is 3.07. The monoisotopic (exact) mass is 294 g/mol. The number of aryl methyl sites for hydroxylation is 1. The number of sulfone groups is 1. The van der Waals surface area contributed by atoms with Crippen molar-refractivity contribution in [2.75, 3.05) is 0 Å². The van der Waals surface area contributed by atoms with Gasteiger partial charge in [0.2, 0.25) is 14.9 Å². The van der Waals surface area contributed by atoms with Crippen LogP contribution in [0.15, 0.2) is 5.16 Å². The van der Waals surface area contributed by atoms with Gasteiger partial charge in [-0.15, -0.1) is 5.10 Å². The molecular formula is C9H12F2N4O3S. The number of alkyl halides is 1. The molecule has 0 radical (unpaired) electrons. The van der Waals surface area contributed by atoms with Gasteiger partial charge in [-0.3, -0.25) is 0 Å². The van der Waals surface area contributed by atoms with E-state index in [1.54, 1.807) is 0 Å². The maximum Gasteiger partial charge on any atom is 0.257 e. The summed E-state index contributed by atoms with van der Waals surface area (Å²) in [5.74, 6) is -1.83. The first-order valence-electron chi connectivity index (χ1n) is 5.32. The Morgan fingerprint density at radius 2 is 2.05 bits per heavy atom. The van der Waals surface area contributed by atoms with E-state index in [1.165, 1.54) is 20.9 Å². The minimum absolute atomic E-state index is 0.387. The molecule has 1 aliphatic heterocycles. The van der Waals surface area contributed by atoms with Crippen LogP contribution in [0.5, 0.6) is 0 Å². The van der Waals surface area contributed by atoms with Gasteiger partial charge in [0, 0.05) is 7.05 Å². The maximum atomic E-state index is 13.9. The van der Waals surface area contributed by atoms with Crippen molar-refractivity contribution in [2.45, 2.75) is 31.4 Å². The highest BCUT2D eigenvalue weighted by Gasteiger charge is 2.47. The number of hydrogen-bond acceptors (Lipinski definition) is 6. The van der Waals surface area contributed by atoms with Crippen LogP contribution in [0.1, 0.15) is 19.5 Å². The fourth-order valence-electron chi connectivity index (χ4n) is 1.53. The SMILES string of the molecule is Cn1nc(F)c(CS(=O)(=O)C2=NOC(C)(C)C2F)n1. The second-order valence-electron chi connectivity index (χ2n) is 4.67. The molecular weight excluding hydrogens is 282 g/mol. The van der Waals surface area contributed by atoms with Crippen molar-refractivity contribution < 1.29 is 22.0 Å². The van der Waals surface area contributed by atoms with E-state index in [0.29, 0.717) is 0 Å². The topological polar surface area (TPSA) is 86.4 Å². The number of halogens is 2. The molecule has 0 N–H and O–H groups in total. The Bertz CT molecular complexity index is 638. The smallest absolute Gasteiger partial charge is 0.257 e. The Labute approximate surface area is 108 Å². The molecule has 0 spiro atoms. The second kappa shape index (κ2) is 4.22. The molecule has 1 atom stereocenters. The Morgan fingerprint density at radius 1 is 1.42 bits per heavy atom. The normalized spacial score (nSPS) is 22.2. The fourth-order valence-corrected chi connectivity index (χ4v) is 2.97. The molecule has 1 aromatic rings. The molecule has 7 nitrogen and oxygen atoms in total. The van der Waals surface area contributed by atoms with Crippen LogP contribution in [0.2, 0.25) is 0 Å². The third-order valence-electron chi connectivity index (χ3n) is 2.58. The summed E-state index contributed by atoms with van der Waals surface area (Å²) < 4.78 is 51.1. The molecule has 106 valence electrons. The van der Waals surface area contributed by atoms with E-state index >= 15 is 0 Å². The van der Waals surface area contributed by atoms with Gasteiger partial charge in [-0.2, -0.15) is 14.3 Å². The summed E-state index contributed by atoms with van der Waals surface area (Å²) in [6, 6.07) is 0. The van der Waals surface area contributed by atoms with Crippen molar-refractivity contribution in [2.24, 2.45) is 12.2 Å². The van der Waals surface area contributed by atoms with Crippen LogP contribution < -0.4 is 0 Å². The zero-order chi connectivity index (χ0) is 14.4. The summed E-state index contributed by atoms with van der Waals surface area (Å²) in [5.41, 5.74) is -1.74. The zero-order valence-corrected chi connectivity index (χ0v) is 11.3. The van der Waals surface area contributed by atoms with E-state index in [4.69, 9.17) is 4.84 Å². The average molecular weight is 294 g/mol. The highest BCUT2D eigenvalue weighted by atomic mass is 32.2. The molecule has 1 aliphatic rings. The van der Waals surface area contributed by atoms with Crippen molar-refractivity contribution in [3.63, 3.8) is 0 Å². The molecule has 10 heteroatoms. The van der Waals surface area contributed by atoms with Gasteiger partial charge in [-0.1, -0.05) is 5.16 Å². The molecule has 0 saturated carbocycles. The number of oxime groups is 1. The minimum atomic E-state index is -4.15. The van der Waals surface area contributed by atoms with Crippen LogP contribution in [0.4, 0.5) is 8.78 Å². The van der Waals surface area contributed by atoms with Gasteiger partial charge in [0.15, 0.2) is 11.8 Å². The molecule has 19 heavy (non-hydrogen) atoms. The molecule has 1 aromatic heterocycles. The largest absolute Gasteiger partial charge is 0.385 e. The summed E-state index contributed by atoms with van der Waals surface area (Å²) in [7, 11) is -2.80. The summed E-state index contributed by atoms with van der Waals surface area (Å²) >= 11 is 0. The fraction of sp³-hybridized carbons (Fsp3) is 0.667. The molecule has 0 aromatic carbocycles. The van der Waals surface area contributed by atoms with Gasteiger partial charge in [0.1, 0.15) is 11.4 Å². The van der Waals surface area contributed by atoms with E-state index in [9.17, 15) is 17.2 Å². The predicted molar refractivity (Wildman–Crippen MR) is 61.1 cm³/mol. The quantitative estimate of drug-likeness (QED) is 0.784. The van der Waals surface area contributed by atoms with Crippen LogP contribution in [-0.4, -0.2) is 40.2 Å². The standard InChI is InChI=1S/C9H12F2N4O3S/c1-9(2)6(10)8(14-18-9)19(16,17)4-5-7(11)13-15(3)12-5/h6H,4H2,1-3H3. The molecule has 2 heterocycles. The summed E-state index contributed by atoms with van der Waals surface area (Å²) in [4.78, 5) is 5.62. The predicted octanol–water partition coefficient (Wildman–Crippen LogP) is 0.329. The van der Waals surface area contributed by atoms with Crippen LogP contribution >= 0.6 is 0 Å². The van der Waals surface area contributed by atoms with Gasteiger partial charge in [0.25, 0.3) is 5.95 Å². The van der Waals surface area contributed by atoms with Gasteiger partial charge < -0.3 is 4.84 Å². The van der Waals surface area contributed by atoms with E-state index in [1.807, 2.05) is 0 Å². The number of hydrogen-bond donors (Lipinski definition) is 0. The first kappa shape index (κ1) is 13.8. The van der Waals surface area contributed by atoms with Crippen molar-refractivity contribution in [1.29, 1.82) is 0 Å². The lowest BCUT2D eigenvalue weighted by atomic mass is 10.1. The lowest BCUT2D eigenvalue weighted by molar-refractivity contribution is -0.0232. The van der Waals surface area contributed by atoms with Gasteiger partial charge in [0.05, 0.1) is 0 Å². The minimum Gasteiger partial charge on any atom is -0.385 e. The average Bonchev–Trinajstić information content (AvgIpc) is 2.69.